The van der Waals surface area contributed by atoms with Crippen LogP contribution in [0, 0.1) is 17.8 Å². The SMILES string of the molecule is CC(C)[C@@H]1CC(=NO)[C@@H](C)CC1=NO. The van der Waals surface area contributed by atoms with Gasteiger partial charge in [0.05, 0.1) is 11.4 Å². The molecule has 14 heavy (non-hydrogen) atoms. The van der Waals surface area contributed by atoms with E-state index in [1.165, 1.54) is 0 Å². The van der Waals surface area contributed by atoms with Crippen LogP contribution in [-0.2, 0) is 0 Å². The molecule has 4 nitrogen and oxygen atoms in total. The first-order valence-corrected chi connectivity index (χ1v) is 5.01. The molecule has 0 aromatic carbocycles. The Labute approximate surface area is 84.3 Å². The summed E-state index contributed by atoms with van der Waals surface area (Å²) in [5, 5.41) is 24.3. The molecule has 0 aromatic rings. The zero-order chi connectivity index (χ0) is 10.7. The lowest BCUT2D eigenvalue weighted by Gasteiger charge is -2.30. The van der Waals surface area contributed by atoms with E-state index in [9.17, 15) is 0 Å². The Morgan fingerprint density at radius 2 is 1.71 bits per heavy atom. The van der Waals surface area contributed by atoms with Gasteiger partial charge in [0.2, 0.25) is 0 Å². The zero-order valence-electron chi connectivity index (χ0n) is 8.94. The molecule has 0 aromatic heterocycles. The molecule has 80 valence electrons. The molecule has 1 aliphatic carbocycles. The van der Waals surface area contributed by atoms with Crippen molar-refractivity contribution in [2.45, 2.75) is 33.6 Å². The quantitative estimate of drug-likeness (QED) is 0.501. The molecule has 0 amide bonds. The lowest BCUT2D eigenvalue weighted by molar-refractivity contribution is 0.298. The average molecular weight is 198 g/mol. The van der Waals surface area contributed by atoms with Crippen LogP contribution in [0.25, 0.3) is 0 Å². The Morgan fingerprint density at radius 1 is 1.14 bits per heavy atom. The largest absolute Gasteiger partial charge is 0.411 e. The third-order valence-corrected chi connectivity index (χ3v) is 3.00. The molecule has 0 saturated heterocycles. The molecule has 2 N–H and O–H groups in total. The lowest BCUT2D eigenvalue weighted by Crippen LogP contribution is -2.34. The molecule has 2 atom stereocenters. The van der Waals surface area contributed by atoms with Crippen LogP contribution in [0.4, 0.5) is 0 Å². The third kappa shape index (κ3) is 2.05. The van der Waals surface area contributed by atoms with Crippen molar-refractivity contribution in [1.82, 2.24) is 0 Å². The van der Waals surface area contributed by atoms with Gasteiger partial charge in [-0.1, -0.05) is 31.1 Å². The number of hydrogen-bond acceptors (Lipinski definition) is 4. The Bertz CT molecular complexity index is 259. The van der Waals surface area contributed by atoms with Crippen molar-refractivity contribution >= 4 is 11.4 Å². The number of rotatable bonds is 1. The van der Waals surface area contributed by atoms with Crippen LogP contribution in [0.2, 0.25) is 0 Å². The van der Waals surface area contributed by atoms with E-state index in [0.717, 1.165) is 11.4 Å². The van der Waals surface area contributed by atoms with Crippen LogP contribution < -0.4 is 0 Å². The minimum absolute atomic E-state index is 0.181. The molecule has 0 bridgehead atoms. The van der Waals surface area contributed by atoms with Gasteiger partial charge in [-0.2, -0.15) is 0 Å². The molecule has 0 radical (unpaired) electrons. The first-order valence-electron chi connectivity index (χ1n) is 5.01. The lowest BCUT2D eigenvalue weighted by atomic mass is 9.75. The van der Waals surface area contributed by atoms with Gasteiger partial charge in [-0.3, -0.25) is 0 Å². The molecule has 1 saturated carbocycles. The molecule has 0 unspecified atom stereocenters. The van der Waals surface area contributed by atoms with Crippen LogP contribution in [0.3, 0.4) is 0 Å². The highest BCUT2D eigenvalue weighted by molar-refractivity contribution is 6.00. The van der Waals surface area contributed by atoms with Gasteiger partial charge in [0.15, 0.2) is 0 Å². The van der Waals surface area contributed by atoms with Crippen molar-refractivity contribution in [3.8, 4) is 0 Å². The summed E-state index contributed by atoms with van der Waals surface area (Å²) in [5.74, 6) is 0.799. The monoisotopic (exact) mass is 198 g/mol. The number of oxime groups is 2. The zero-order valence-corrected chi connectivity index (χ0v) is 8.94. The fourth-order valence-corrected chi connectivity index (χ4v) is 2.00. The molecule has 1 fully saturated rings. The minimum atomic E-state index is 0.181. The van der Waals surface area contributed by atoms with E-state index in [1.807, 2.05) is 6.92 Å². The Hall–Kier alpha value is -1.06. The highest BCUT2D eigenvalue weighted by Crippen LogP contribution is 2.29. The van der Waals surface area contributed by atoms with E-state index >= 15 is 0 Å². The van der Waals surface area contributed by atoms with Crippen LogP contribution in [0.5, 0.6) is 0 Å². The van der Waals surface area contributed by atoms with E-state index < -0.39 is 0 Å². The Balaban J connectivity index is 2.85. The summed E-state index contributed by atoms with van der Waals surface area (Å²) >= 11 is 0. The van der Waals surface area contributed by atoms with E-state index in [2.05, 4.69) is 24.2 Å². The van der Waals surface area contributed by atoms with E-state index in [-0.39, 0.29) is 11.8 Å². The van der Waals surface area contributed by atoms with E-state index in [4.69, 9.17) is 10.4 Å². The summed E-state index contributed by atoms with van der Waals surface area (Å²) in [6.45, 7) is 6.15. The third-order valence-electron chi connectivity index (χ3n) is 3.00. The molecule has 0 heterocycles. The highest BCUT2D eigenvalue weighted by Gasteiger charge is 2.31. The van der Waals surface area contributed by atoms with Gasteiger partial charge in [-0.05, 0) is 18.8 Å². The Kier molecular flexibility index (Phi) is 3.49. The van der Waals surface area contributed by atoms with Gasteiger partial charge in [-0.15, -0.1) is 0 Å². The minimum Gasteiger partial charge on any atom is -0.411 e. The summed E-state index contributed by atoms with van der Waals surface area (Å²) < 4.78 is 0. The van der Waals surface area contributed by atoms with Gasteiger partial charge < -0.3 is 10.4 Å². The van der Waals surface area contributed by atoms with Gasteiger partial charge in [-0.25, -0.2) is 0 Å². The van der Waals surface area contributed by atoms with Gasteiger partial charge in [0.1, 0.15) is 0 Å². The van der Waals surface area contributed by atoms with Gasteiger partial charge in [0.25, 0.3) is 0 Å². The van der Waals surface area contributed by atoms with Crippen molar-refractivity contribution in [2.75, 3.05) is 0 Å². The average Bonchev–Trinajstić information content (AvgIpc) is 2.16. The maximum absolute atomic E-state index is 8.87. The summed E-state index contributed by atoms with van der Waals surface area (Å²) in [5.41, 5.74) is 1.65. The predicted octanol–water partition coefficient (Wildman–Crippen LogP) is 2.35. The fourth-order valence-electron chi connectivity index (χ4n) is 2.00. The molecular weight excluding hydrogens is 180 g/mol. The molecule has 0 spiro atoms. The smallest absolute Gasteiger partial charge is 0.0614 e. The maximum atomic E-state index is 8.87. The van der Waals surface area contributed by atoms with Crippen molar-refractivity contribution in [2.24, 2.45) is 28.1 Å². The summed E-state index contributed by atoms with van der Waals surface area (Å²) in [6.07, 6.45) is 1.40. The van der Waals surface area contributed by atoms with Gasteiger partial charge >= 0.3 is 0 Å². The van der Waals surface area contributed by atoms with E-state index in [0.29, 0.717) is 18.8 Å². The molecule has 0 aliphatic heterocycles. The fraction of sp³-hybridized carbons (Fsp3) is 0.800. The second-order valence-corrected chi connectivity index (χ2v) is 4.34. The van der Waals surface area contributed by atoms with E-state index in [1.54, 1.807) is 0 Å². The first-order chi connectivity index (χ1) is 6.60. The number of nitrogens with zero attached hydrogens (tertiary/aromatic N) is 2. The molecule has 1 rings (SSSR count). The molecule has 1 aliphatic rings. The number of hydrogen-bond donors (Lipinski definition) is 2. The van der Waals surface area contributed by atoms with Crippen molar-refractivity contribution in [3.63, 3.8) is 0 Å². The molecular formula is C10H18N2O2. The normalized spacial score (nSPS) is 34.3. The highest BCUT2D eigenvalue weighted by atomic mass is 16.4. The first kappa shape index (κ1) is 11.0. The Morgan fingerprint density at radius 3 is 2.14 bits per heavy atom. The summed E-state index contributed by atoms with van der Waals surface area (Å²) in [4.78, 5) is 0. The molecule has 4 heteroatoms. The van der Waals surface area contributed by atoms with Crippen LogP contribution in [-0.4, -0.2) is 21.8 Å². The second-order valence-electron chi connectivity index (χ2n) is 4.34. The van der Waals surface area contributed by atoms with Gasteiger partial charge in [0, 0.05) is 11.8 Å². The summed E-state index contributed by atoms with van der Waals surface area (Å²) in [6, 6.07) is 0. The van der Waals surface area contributed by atoms with Crippen LogP contribution >= 0.6 is 0 Å². The standard InChI is InChI=1S/C10H18N2O2/c1-6(2)8-5-9(11-13)7(3)4-10(8)12-14/h6-8,13-14H,4-5H2,1-3H3/t7-,8-/m0/s1. The topological polar surface area (TPSA) is 65.2 Å². The van der Waals surface area contributed by atoms with Crippen molar-refractivity contribution in [3.05, 3.63) is 0 Å². The predicted molar refractivity (Wildman–Crippen MR) is 55.2 cm³/mol. The maximum Gasteiger partial charge on any atom is 0.0614 e. The van der Waals surface area contributed by atoms with Crippen LogP contribution in [0.15, 0.2) is 10.3 Å². The van der Waals surface area contributed by atoms with Crippen LogP contribution in [0.1, 0.15) is 33.6 Å². The second kappa shape index (κ2) is 4.44. The van der Waals surface area contributed by atoms with Crippen molar-refractivity contribution in [1.29, 1.82) is 0 Å². The van der Waals surface area contributed by atoms with Crippen molar-refractivity contribution < 1.29 is 10.4 Å². The summed E-state index contributed by atoms with van der Waals surface area (Å²) in [7, 11) is 0.